The normalized spacial score (nSPS) is 11.1. The zero-order valence-electron chi connectivity index (χ0n) is 16.4. The van der Waals surface area contributed by atoms with Gasteiger partial charge in [-0.2, -0.15) is 13.2 Å². The summed E-state index contributed by atoms with van der Waals surface area (Å²) in [5, 5.41) is 2.51. The number of ether oxygens (including phenoxy) is 3. The number of nitrogens with two attached hydrogens (primary N) is 1. The molecule has 0 aromatic heterocycles. The Hall–Kier alpha value is -3.10. The lowest BCUT2D eigenvalue weighted by Gasteiger charge is -2.17. The van der Waals surface area contributed by atoms with Gasteiger partial charge in [0.05, 0.1) is 36.8 Å². The molecule has 0 aliphatic rings. The van der Waals surface area contributed by atoms with Crippen LogP contribution in [-0.2, 0) is 6.18 Å². The van der Waals surface area contributed by atoms with Crippen LogP contribution in [0.4, 0.5) is 24.5 Å². The third kappa shape index (κ3) is 5.46. The van der Waals surface area contributed by atoms with Crippen LogP contribution in [0.3, 0.4) is 0 Å². The van der Waals surface area contributed by atoms with Crippen molar-refractivity contribution in [1.29, 1.82) is 0 Å². The number of carbonyl (C=O) groups is 1. The van der Waals surface area contributed by atoms with E-state index in [-0.39, 0.29) is 16.9 Å². The molecule has 0 atom stereocenters. The zero-order chi connectivity index (χ0) is 21.6. The van der Waals surface area contributed by atoms with Crippen LogP contribution >= 0.6 is 0 Å². The maximum Gasteiger partial charge on any atom is 0.416 e. The predicted molar refractivity (Wildman–Crippen MR) is 104 cm³/mol. The minimum Gasteiger partial charge on any atom is -0.490 e. The molecule has 0 aliphatic carbocycles. The number of rotatable bonds is 8. The van der Waals surface area contributed by atoms with E-state index in [0.717, 1.165) is 18.2 Å². The van der Waals surface area contributed by atoms with Crippen molar-refractivity contribution in [3.05, 3.63) is 41.5 Å². The second-order valence-corrected chi connectivity index (χ2v) is 5.85. The fourth-order valence-corrected chi connectivity index (χ4v) is 2.57. The second-order valence-electron chi connectivity index (χ2n) is 5.85. The van der Waals surface area contributed by atoms with Crippen LogP contribution in [-0.4, -0.2) is 25.7 Å². The van der Waals surface area contributed by atoms with Crippen LogP contribution in [0.25, 0.3) is 0 Å². The Morgan fingerprint density at radius 3 is 1.97 bits per heavy atom. The van der Waals surface area contributed by atoms with Crippen LogP contribution in [0.15, 0.2) is 30.3 Å². The van der Waals surface area contributed by atoms with Crippen LogP contribution in [0.2, 0.25) is 0 Å². The average molecular weight is 412 g/mol. The molecule has 9 heteroatoms. The molecule has 0 radical (unpaired) electrons. The summed E-state index contributed by atoms with van der Waals surface area (Å²) < 4.78 is 55.0. The van der Waals surface area contributed by atoms with E-state index in [2.05, 4.69) is 5.32 Å². The fraction of sp³-hybridized carbons (Fsp3) is 0.350. The topological polar surface area (TPSA) is 82.8 Å². The minimum absolute atomic E-state index is 0.0628. The monoisotopic (exact) mass is 412 g/mol. The van der Waals surface area contributed by atoms with Gasteiger partial charge in [0.2, 0.25) is 5.75 Å². The van der Waals surface area contributed by atoms with Gasteiger partial charge in [0.1, 0.15) is 0 Å². The third-order valence-corrected chi connectivity index (χ3v) is 3.80. The summed E-state index contributed by atoms with van der Waals surface area (Å²) in [6, 6.07) is 5.68. The van der Waals surface area contributed by atoms with E-state index < -0.39 is 17.6 Å². The van der Waals surface area contributed by atoms with Gasteiger partial charge in [-0.15, -0.1) is 0 Å². The van der Waals surface area contributed by atoms with Crippen molar-refractivity contribution in [2.24, 2.45) is 0 Å². The quantitative estimate of drug-likeness (QED) is 0.612. The second kappa shape index (κ2) is 9.40. The van der Waals surface area contributed by atoms with Gasteiger partial charge in [0, 0.05) is 5.56 Å². The SMILES string of the molecule is CCOc1cc(C(=O)Nc2ccc(C(F)(F)F)cc2N)cc(OCC)c1OCC. The van der Waals surface area contributed by atoms with E-state index in [1.165, 1.54) is 12.1 Å². The lowest BCUT2D eigenvalue weighted by molar-refractivity contribution is -0.137. The van der Waals surface area contributed by atoms with Gasteiger partial charge in [0.25, 0.3) is 5.91 Å². The molecule has 2 aromatic rings. The highest BCUT2D eigenvalue weighted by Crippen LogP contribution is 2.39. The first-order valence-electron chi connectivity index (χ1n) is 9.05. The summed E-state index contributed by atoms with van der Waals surface area (Å²) in [5.74, 6) is 0.444. The lowest BCUT2D eigenvalue weighted by atomic mass is 10.1. The molecule has 158 valence electrons. The zero-order valence-corrected chi connectivity index (χ0v) is 16.4. The molecule has 0 spiro atoms. The van der Waals surface area contributed by atoms with Crippen molar-refractivity contribution in [3.8, 4) is 17.2 Å². The van der Waals surface area contributed by atoms with Gasteiger partial charge in [0.15, 0.2) is 11.5 Å². The van der Waals surface area contributed by atoms with E-state index in [1.54, 1.807) is 20.8 Å². The van der Waals surface area contributed by atoms with Gasteiger partial charge in [-0.1, -0.05) is 0 Å². The molecule has 2 rings (SSSR count). The van der Waals surface area contributed by atoms with Gasteiger partial charge < -0.3 is 25.3 Å². The number of amides is 1. The number of anilines is 2. The smallest absolute Gasteiger partial charge is 0.416 e. The number of carbonyl (C=O) groups excluding carboxylic acids is 1. The largest absolute Gasteiger partial charge is 0.490 e. The molecule has 0 fully saturated rings. The van der Waals surface area contributed by atoms with Gasteiger partial charge in [-0.3, -0.25) is 4.79 Å². The van der Waals surface area contributed by atoms with Crippen LogP contribution in [0.1, 0.15) is 36.7 Å². The van der Waals surface area contributed by atoms with Crippen molar-refractivity contribution < 1.29 is 32.2 Å². The number of nitrogen functional groups attached to an aromatic ring is 1. The minimum atomic E-state index is -4.52. The molecule has 3 N–H and O–H groups in total. The predicted octanol–water partition coefficient (Wildman–Crippen LogP) is 4.74. The summed E-state index contributed by atoms with van der Waals surface area (Å²) in [5.41, 5.74) is 4.83. The highest BCUT2D eigenvalue weighted by Gasteiger charge is 2.31. The molecule has 0 unspecified atom stereocenters. The van der Waals surface area contributed by atoms with E-state index in [4.69, 9.17) is 19.9 Å². The maximum absolute atomic E-state index is 12.8. The van der Waals surface area contributed by atoms with Crippen molar-refractivity contribution in [2.45, 2.75) is 26.9 Å². The molecule has 0 aliphatic heterocycles. The van der Waals surface area contributed by atoms with Crippen LogP contribution in [0.5, 0.6) is 17.2 Å². The number of alkyl halides is 3. The summed E-state index contributed by atoms with van der Waals surface area (Å²) in [4.78, 5) is 12.7. The fourth-order valence-electron chi connectivity index (χ4n) is 2.57. The van der Waals surface area contributed by atoms with Crippen molar-refractivity contribution in [2.75, 3.05) is 30.9 Å². The molecule has 0 bridgehead atoms. The Morgan fingerprint density at radius 1 is 0.966 bits per heavy atom. The summed E-state index contributed by atoms with van der Waals surface area (Å²) in [7, 11) is 0. The standard InChI is InChI=1S/C20H23F3N2O4/c1-4-27-16-9-12(10-17(28-5-2)18(16)29-6-3)19(26)25-15-8-7-13(11-14(15)24)20(21,22)23/h7-11H,4-6,24H2,1-3H3,(H,25,26). The number of hydrogen-bond acceptors (Lipinski definition) is 5. The summed E-state index contributed by atoms with van der Waals surface area (Å²) >= 11 is 0. The first kappa shape index (κ1) is 22.2. The summed E-state index contributed by atoms with van der Waals surface area (Å²) in [6.45, 7) is 6.41. The highest BCUT2D eigenvalue weighted by molar-refractivity contribution is 6.06. The Kier molecular flexibility index (Phi) is 7.19. The van der Waals surface area contributed by atoms with Gasteiger partial charge >= 0.3 is 6.18 Å². The molecule has 6 nitrogen and oxygen atoms in total. The molecular weight excluding hydrogens is 389 g/mol. The molecular formula is C20H23F3N2O4. The van der Waals surface area contributed by atoms with Crippen LogP contribution < -0.4 is 25.3 Å². The average Bonchev–Trinajstić information content (AvgIpc) is 2.65. The number of hydrogen-bond donors (Lipinski definition) is 2. The Labute approximate surface area is 166 Å². The van der Waals surface area contributed by atoms with Gasteiger partial charge in [-0.25, -0.2) is 0 Å². The van der Waals surface area contributed by atoms with Gasteiger partial charge in [-0.05, 0) is 51.1 Å². The molecule has 0 heterocycles. The molecule has 2 aromatic carbocycles. The number of nitrogens with one attached hydrogen (secondary N) is 1. The van der Waals surface area contributed by atoms with E-state index in [1.807, 2.05) is 0 Å². The molecule has 1 amide bonds. The third-order valence-electron chi connectivity index (χ3n) is 3.80. The van der Waals surface area contributed by atoms with E-state index in [0.29, 0.717) is 37.1 Å². The van der Waals surface area contributed by atoms with Crippen molar-refractivity contribution in [1.82, 2.24) is 0 Å². The van der Waals surface area contributed by atoms with E-state index in [9.17, 15) is 18.0 Å². The van der Waals surface area contributed by atoms with Crippen molar-refractivity contribution in [3.63, 3.8) is 0 Å². The Bertz CT molecular complexity index is 842. The molecule has 0 saturated heterocycles. The first-order valence-corrected chi connectivity index (χ1v) is 9.05. The molecule has 29 heavy (non-hydrogen) atoms. The maximum atomic E-state index is 12.8. The Morgan fingerprint density at radius 2 is 1.52 bits per heavy atom. The molecule has 0 saturated carbocycles. The van der Waals surface area contributed by atoms with Crippen LogP contribution in [0, 0.1) is 0 Å². The number of halogens is 3. The first-order chi connectivity index (χ1) is 13.7. The van der Waals surface area contributed by atoms with E-state index >= 15 is 0 Å². The highest BCUT2D eigenvalue weighted by atomic mass is 19.4. The lowest BCUT2D eigenvalue weighted by Crippen LogP contribution is -2.15. The number of benzene rings is 2. The summed E-state index contributed by atoms with van der Waals surface area (Å²) in [6.07, 6.45) is -4.52. The van der Waals surface area contributed by atoms with Crippen molar-refractivity contribution >= 4 is 17.3 Å². The Balaban J connectivity index is 2.37.